The minimum absolute atomic E-state index is 0.0239. The van der Waals surface area contributed by atoms with Gasteiger partial charge in [-0.15, -0.1) is 11.3 Å². The highest BCUT2D eigenvalue weighted by atomic mass is 32.2. The predicted molar refractivity (Wildman–Crippen MR) is 85.9 cm³/mol. The van der Waals surface area contributed by atoms with E-state index in [1.54, 1.807) is 13.8 Å². The largest absolute Gasteiger partial charge is 0.396 e. The Hall–Kier alpha value is -1.12. The molecule has 1 atom stereocenters. The highest BCUT2D eigenvalue weighted by Crippen LogP contribution is 2.43. The highest BCUT2D eigenvalue weighted by Gasteiger charge is 2.32. The van der Waals surface area contributed by atoms with E-state index in [0.29, 0.717) is 29.4 Å². The summed E-state index contributed by atoms with van der Waals surface area (Å²) < 4.78 is 24.7. The van der Waals surface area contributed by atoms with Crippen LogP contribution < -0.4 is 16.4 Å². The summed E-state index contributed by atoms with van der Waals surface area (Å²) in [7, 11) is -3.48. The Bertz CT molecular complexity index is 652. The second-order valence-electron chi connectivity index (χ2n) is 5.15. The Kier molecular flexibility index (Phi) is 4.60. The average molecular weight is 331 g/mol. The van der Waals surface area contributed by atoms with Crippen LogP contribution in [-0.2, 0) is 9.84 Å². The van der Waals surface area contributed by atoms with E-state index in [0.717, 1.165) is 6.42 Å². The fraction of sp³-hybridized carbons (Fsp3) is 0.615. The maximum absolute atomic E-state index is 12.4. The van der Waals surface area contributed by atoms with Crippen LogP contribution in [0.4, 0.5) is 10.7 Å². The molecule has 1 aromatic rings. The number of hydrogen-bond acceptors (Lipinski definition) is 7. The molecule has 0 bridgehead atoms. The number of nitrogens with two attached hydrogens (primary N) is 2. The molecule has 21 heavy (non-hydrogen) atoms. The van der Waals surface area contributed by atoms with Crippen LogP contribution in [0, 0.1) is 0 Å². The van der Waals surface area contributed by atoms with Crippen molar-refractivity contribution in [3.63, 3.8) is 0 Å². The Labute approximate surface area is 129 Å². The maximum atomic E-state index is 12.4. The molecule has 0 radical (unpaired) electrons. The first kappa shape index (κ1) is 16.3. The molecule has 0 amide bonds. The van der Waals surface area contributed by atoms with Crippen LogP contribution in [0.5, 0.6) is 0 Å². The van der Waals surface area contributed by atoms with Gasteiger partial charge >= 0.3 is 0 Å². The number of sulfone groups is 1. The van der Waals surface area contributed by atoms with Crippen molar-refractivity contribution >= 4 is 37.6 Å². The number of carbonyl (C=O) groups is 1. The molecule has 118 valence electrons. The summed E-state index contributed by atoms with van der Waals surface area (Å²) in [5.74, 6) is -0.166. The fourth-order valence-electron chi connectivity index (χ4n) is 2.41. The van der Waals surface area contributed by atoms with Crippen LogP contribution in [0.15, 0.2) is 4.90 Å². The molecule has 0 saturated carbocycles. The summed E-state index contributed by atoms with van der Waals surface area (Å²) in [5.41, 5.74) is 12.0. The summed E-state index contributed by atoms with van der Waals surface area (Å²) in [6, 6.07) is 0.0239. The van der Waals surface area contributed by atoms with Crippen molar-refractivity contribution in [3.8, 4) is 0 Å². The SMILES string of the molecule is CCC(=O)c1sc(N2CCC(N)C2)c(S(=O)(=O)CC)c1N. The summed E-state index contributed by atoms with van der Waals surface area (Å²) in [6.45, 7) is 4.59. The van der Waals surface area contributed by atoms with Gasteiger partial charge in [0, 0.05) is 25.6 Å². The number of carbonyl (C=O) groups excluding carboxylic acids is 1. The normalized spacial score (nSPS) is 19.2. The number of thiophene rings is 1. The zero-order chi connectivity index (χ0) is 15.8. The minimum Gasteiger partial charge on any atom is -0.396 e. The molecule has 8 heteroatoms. The number of nitrogens with zero attached hydrogens (tertiary/aromatic N) is 1. The van der Waals surface area contributed by atoms with Crippen LogP contribution >= 0.6 is 11.3 Å². The van der Waals surface area contributed by atoms with E-state index in [-0.39, 0.29) is 28.2 Å². The lowest BCUT2D eigenvalue weighted by Gasteiger charge is -2.17. The molecule has 0 aliphatic carbocycles. The van der Waals surface area contributed by atoms with Crippen molar-refractivity contribution in [2.24, 2.45) is 5.73 Å². The zero-order valence-corrected chi connectivity index (χ0v) is 13.9. The monoisotopic (exact) mass is 331 g/mol. The molecule has 1 aromatic heterocycles. The molecule has 1 aliphatic heterocycles. The molecule has 2 heterocycles. The number of nitrogen functional groups attached to an aromatic ring is 1. The van der Waals surface area contributed by atoms with Gasteiger partial charge in [0.05, 0.1) is 16.3 Å². The van der Waals surface area contributed by atoms with Gasteiger partial charge in [-0.3, -0.25) is 4.79 Å². The van der Waals surface area contributed by atoms with E-state index in [9.17, 15) is 13.2 Å². The first-order valence-electron chi connectivity index (χ1n) is 7.00. The molecular weight excluding hydrogens is 310 g/mol. The molecular formula is C13H21N3O3S2. The lowest BCUT2D eigenvalue weighted by atomic mass is 10.2. The molecule has 1 saturated heterocycles. The molecule has 4 N–H and O–H groups in total. The van der Waals surface area contributed by atoms with Gasteiger partial charge in [-0.2, -0.15) is 0 Å². The third-order valence-corrected chi connectivity index (χ3v) is 6.89. The van der Waals surface area contributed by atoms with Crippen LogP contribution in [-0.4, -0.2) is 39.1 Å². The molecule has 1 unspecified atom stereocenters. The number of Topliss-reactive ketones (excluding diaryl/α,β-unsaturated/α-hetero) is 1. The van der Waals surface area contributed by atoms with Crippen LogP contribution in [0.1, 0.15) is 36.4 Å². The standard InChI is InChI=1S/C13H21N3O3S2/c1-3-9(17)11-10(15)12(21(18,19)4-2)13(20-11)16-6-5-8(14)7-16/h8H,3-7,14-15H2,1-2H3. The Morgan fingerprint density at radius 3 is 2.57 bits per heavy atom. The summed E-state index contributed by atoms with van der Waals surface area (Å²) in [5, 5.41) is 0.569. The van der Waals surface area contributed by atoms with Crippen molar-refractivity contribution in [1.82, 2.24) is 0 Å². The molecule has 0 spiro atoms. The predicted octanol–water partition coefficient (Wildman–Crippen LogP) is 1.25. The Morgan fingerprint density at radius 1 is 1.43 bits per heavy atom. The lowest BCUT2D eigenvalue weighted by Crippen LogP contribution is -2.26. The zero-order valence-electron chi connectivity index (χ0n) is 12.3. The first-order valence-corrected chi connectivity index (χ1v) is 9.47. The summed E-state index contributed by atoms with van der Waals surface area (Å²) in [4.78, 5) is 14.4. The number of hydrogen-bond donors (Lipinski definition) is 2. The topological polar surface area (TPSA) is 106 Å². The van der Waals surface area contributed by atoms with Crippen LogP contribution in [0.3, 0.4) is 0 Å². The highest BCUT2D eigenvalue weighted by molar-refractivity contribution is 7.92. The quantitative estimate of drug-likeness (QED) is 0.787. The van der Waals surface area contributed by atoms with Crippen molar-refractivity contribution in [3.05, 3.63) is 4.88 Å². The summed E-state index contributed by atoms with van der Waals surface area (Å²) >= 11 is 1.18. The van der Waals surface area contributed by atoms with E-state index >= 15 is 0 Å². The second-order valence-corrected chi connectivity index (χ2v) is 8.37. The van der Waals surface area contributed by atoms with Gasteiger partial charge in [-0.05, 0) is 6.42 Å². The Balaban J connectivity index is 2.60. The van der Waals surface area contributed by atoms with Crippen LogP contribution in [0.2, 0.25) is 0 Å². The number of anilines is 2. The number of ketones is 1. The molecule has 2 rings (SSSR count). The second kappa shape index (κ2) is 5.94. The minimum atomic E-state index is -3.48. The van der Waals surface area contributed by atoms with Gasteiger partial charge in [-0.1, -0.05) is 13.8 Å². The van der Waals surface area contributed by atoms with E-state index in [2.05, 4.69) is 0 Å². The molecule has 0 aromatic carbocycles. The average Bonchev–Trinajstić information content (AvgIpc) is 3.01. The van der Waals surface area contributed by atoms with Gasteiger partial charge in [0.25, 0.3) is 0 Å². The maximum Gasteiger partial charge on any atom is 0.183 e. The third-order valence-electron chi connectivity index (χ3n) is 3.66. The summed E-state index contributed by atoms with van der Waals surface area (Å²) in [6.07, 6.45) is 1.11. The van der Waals surface area contributed by atoms with Gasteiger partial charge in [0.15, 0.2) is 15.6 Å². The van der Waals surface area contributed by atoms with Gasteiger partial charge in [0.1, 0.15) is 9.90 Å². The Morgan fingerprint density at radius 2 is 2.10 bits per heavy atom. The van der Waals surface area contributed by atoms with Gasteiger partial charge < -0.3 is 16.4 Å². The van der Waals surface area contributed by atoms with E-state index < -0.39 is 9.84 Å². The van der Waals surface area contributed by atoms with E-state index in [1.165, 1.54) is 11.3 Å². The smallest absolute Gasteiger partial charge is 0.183 e. The van der Waals surface area contributed by atoms with Crippen LogP contribution in [0.25, 0.3) is 0 Å². The molecule has 6 nitrogen and oxygen atoms in total. The first-order chi connectivity index (χ1) is 9.81. The van der Waals surface area contributed by atoms with Crippen molar-refractivity contribution in [2.75, 3.05) is 29.5 Å². The van der Waals surface area contributed by atoms with E-state index in [1.807, 2.05) is 4.90 Å². The van der Waals surface area contributed by atoms with Crippen molar-refractivity contribution in [2.45, 2.75) is 37.6 Å². The molecule has 1 fully saturated rings. The third kappa shape index (κ3) is 2.93. The van der Waals surface area contributed by atoms with Crippen molar-refractivity contribution in [1.29, 1.82) is 0 Å². The van der Waals surface area contributed by atoms with Crippen molar-refractivity contribution < 1.29 is 13.2 Å². The number of rotatable bonds is 5. The lowest BCUT2D eigenvalue weighted by molar-refractivity contribution is 0.0992. The fourth-order valence-corrected chi connectivity index (χ4v) is 5.26. The van der Waals surface area contributed by atoms with Gasteiger partial charge in [0.2, 0.25) is 0 Å². The van der Waals surface area contributed by atoms with Gasteiger partial charge in [-0.25, -0.2) is 8.42 Å². The van der Waals surface area contributed by atoms with E-state index in [4.69, 9.17) is 11.5 Å². The molecule has 1 aliphatic rings.